The molecular formula is C8H14N2O3S. The Hall–Kier alpha value is -0.880. The Kier molecular flexibility index (Phi) is 3.28. The Labute approximate surface area is 83.3 Å². The van der Waals surface area contributed by atoms with E-state index in [2.05, 4.69) is 5.10 Å². The highest BCUT2D eigenvalue weighted by Crippen LogP contribution is 2.15. The van der Waals surface area contributed by atoms with Crippen LogP contribution in [0.25, 0.3) is 0 Å². The number of aryl methyl sites for hydroxylation is 1. The van der Waals surface area contributed by atoms with Crippen LogP contribution in [0.3, 0.4) is 0 Å². The normalized spacial score (nSPS) is 14.2. The number of aliphatic hydroxyl groups excluding tert-OH is 1. The first kappa shape index (κ1) is 11.2. The molecule has 1 aromatic rings. The van der Waals surface area contributed by atoms with Crippen LogP contribution in [0, 0.1) is 0 Å². The van der Waals surface area contributed by atoms with E-state index in [1.54, 1.807) is 19.3 Å². The van der Waals surface area contributed by atoms with E-state index in [-0.39, 0.29) is 12.2 Å². The van der Waals surface area contributed by atoms with Crippen LogP contribution in [0.1, 0.15) is 18.2 Å². The lowest BCUT2D eigenvalue weighted by Gasteiger charge is -2.09. The summed E-state index contributed by atoms with van der Waals surface area (Å²) in [6, 6.07) is 1.67. The molecule has 1 atom stereocenters. The summed E-state index contributed by atoms with van der Waals surface area (Å²) in [5.74, 6) is -0.0145. The van der Waals surface area contributed by atoms with Gasteiger partial charge in [0.2, 0.25) is 0 Å². The van der Waals surface area contributed by atoms with Crippen molar-refractivity contribution in [3.05, 3.63) is 18.0 Å². The van der Waals surface area contributed by atoms with E-state index in [9.17, 15) is 13.5 Å². The fourth-order valence-corrected chi connectivity index (χ4v) is 1.84. The summed E-state index contributed by atoms with van der Waals surface area (Å²) in [6.07, 6.45) is 2.16. The van der Waals surface area contributed by atoms with Crippen LogP contribution in [-0.2, 0) is 16.9 Å². The zero-order chi connectivity index (χ0) is 10.8. The van der Waals surface area contributed by atoms with Gasteiger partial charge in [0.1, 0.15) is 9.84 Å². The van der Waals surface area contributed by atoms with Gasteiger partial charge < -0.3 is 5.11 Å². The Morgan fingerprint density at radius 1 is 1.64 bits per heavy atom. The van der Waals surface area contributed by atoms with Crippen molar-refractivity contribution < 1.29 is 13.5 Å². The summed E-state index contributed by atoms with van der Waals surface area (Å²) in [7, 11) is -1.31. The molecule has 0 spiro atoms. The minimum absolute atomic E-state index is 0.0145. The van der Waals surface area contributed by atoms with Gasteiger partial charge in [-0.2, -0.15) is 5.10 Å². The quantitative estimate of drug-likeness (QED) is 0.765. The van der Waals surface area contributed by atoms with Crippen molar-refractivity contribution in [1.29, 1.82) is 0 Å². The summed E-state index contributed by atoms with van der Waals surface area (Å²) < 4.78 is 23.2. The van der Waals surface area contributed by atoms with Gasteiger partial charge in [-0.05, 0) is 12.5 Å². The summed E-state index contributed by atoms with van der Waals surface area (Å²) in [4.78, 5) is 0. The van der Waals surface area contributed by atoms with Gasteiger partial charge in [-0.15, -0.1) is 0 Å². The van der Waals surface area contributed by atoms with Crippen LogP contribution in [0.15, 0.2) is 12.3 Å². The average molecular weight is 218 g/mol. The summed E-state index contributed by atoms with van der Waals surface area (Å²) in [5.41, 5.74) is 0.633. The first-order valence-corrected chi connectivity index (χ1v) is 6.30. The lowest BCUT2D eigenvalue weighted by atomic mass is 10.2. The molecule has 0 fully saturated rings. The monoisotopic (exact) mass is 218 g/mol. The van der Waals surface area contributed by atoms with Gasteiger partial charge in [-0.25, -0.2) is 8.42 Å². The lowest BCUT2D eigenvalue weighted by Crippen LogP contribution is -2.11. The Balaban J connectivity index is 2.60. The second kappa shape index (κ2) is 4.10. The van der Waals surface area contributed by atoms with Gasteiger partial charge >= 0.3 is 0 Å². The van der Waals surface area contributed by atoms with E-state index in [0.29, 0.717) is 5.69 Å². The van der Waals surface area contributed by atoms with Crippen LogP contribution >= 0.6 is 0 Å². The van der Waals surface area contributed by atoms with Crippen molar-refractivity contribution >= 4 is 9.84 Å². The molecule has 1 heterocycles. The molecule has 0 aliphatic rings. The fraction of sp³-hybridized carbons (Fsp3) is 0.625. The number of hydrogen-bond donors (Lipinski definition) is 1. The standard InChI is InChI=1S/C8H14N2O3S/c1-10-7(3-5-9-10)8(11)4-6-14(2,12)13/h3,5,8,11H,4,6H2,1-2H3. The Morgan fingerprint density at radius 3 is 2.71 bits per heavy atom. The maximum atomic E-state index is 10.9. The molecule has 0 saturated heterocycles. The molecule has 0 bridgehead atoms. The maximum Gasteiger partial charge on any atom is 0.147 e. The van der Waals surface area contributed by atoms with Gasteiger partial charge in [0.05, 0.1) is 17.6 Å². The Morgan fingerprint density at radius 2 is 2.29 bits per heavy atom. The first-order valence-electron chi connectivity index (χ1n) is 4.24. The van der Waals surface area contributed by atoms with E-state index in [0.717, 1.165) is 6.26 Å². The summed E-state index contributed by atoms with van der Waals surface area (Å²) >= 11 is 0. The van der Waals surface area contributed by atoms with Crippen molar-refractivity contribution in [2.24, 2.45) is 7.05 Å². The van der Waals surface area contributed by atoms with Crippen LogP contribution in [-0.4, -0.2) is 35.3 Å². The topological polar surface area (TPSA) is 72.2 Å². The number of nitrogens with zero attached hydrogens (tertiary/aromatic N) is 2. The second-order valence-electron chi connectivity index (χ2n) is 3.31. The third-order valence-corrected chi connectivity index (χ3v) is 2.94. The molecule has 1 aromatic heterocycles. The molecule has 0 aliphatic heterocycles. The van der Waals surface area contributed by atoms with E-state index >= 15 is 0 Å². The molecule has 1 unspecified atom stereocenters. The molecule has 0 aliphatic carbocycles. The molecule has 6 heteroatoms. The highest BCUT2D eigenvalue weighted by Gasteiger charge is 2.13. The number of aliphatic hydroxyl groups is 1. The summed E-state index contributed by atoms with van der Waals surface area (Å²) in [5, 5.41) is 13.5. The smallest absolute Gasteiger partial charge is 0.147 e. The molecular weight excluding hydrogens is 204 g/mol. The van der Waals surface area contributed by atoms with Gasteiger partial charge in [0.25, 0.3) is 0 Å². The minimum Gasteiger partial charge on any atom is -0.387 e. The van der Waals surface area contributed by atoms with Crippen LogP contribution in [0.4, 0.5) is 0 Å². The molecule has 0 aromatic carbocycles. The predicted octanol–water partition coefficient (Wildman–Crippen LogP) is -0.112. The molecule has 14 heavy (non-hydrogen) atoms. The number of rotatable bonds is 4. The van der Waals surface area contributed by atoms with E-state index in [1.165, 1.54) is 4.68 Å². The van der Waals surface area contributed by atoms with Crippen LogP contribution in [0.2, 0.25) is 0 Å². The van der Waals surface area contributed by atoms with Crippen molar-refractivity contribution in [3.8, 4) is 0 Å². The zero-order valence-corrected chi connectivity index (χ0v) is 9.03. The molecule has 0 saturated carbocycles. The third-order valence-electron chi connectivity index (χ3n) is 1.96. The van der Waals surface area contributed by atoms with Crippen molar-refractivity contribution in [1.82, 2.24) is 9.78 Å². The molecule has 5 nitrogen and oxygen atoms in total. The SMILES string of the molecule is Cn1nccc1C(O)CCS(C)(=O)=O. The molecule has 0 amide bonds. The summed E-state index contributed by atoms with van der Waals surface area (Å²) in [6.45, 7) is 0. The number of sulfone groups is 1. The largest absolute Gasteiger partial charge is 0.387 e. The third kappa shape index (κ3) is 3.12. The highest BCUT2D eigenvalue weighted by molar-refractivity contribution is 7.90. The van der Waals surface area contributed by atoms with Crippen molar-refractivity contribution in [3.63, 3.8) is 0 Å². The van der Waals surface area contributed by atoms with Gasteiger partial charge in [-0.1, -0.05) is 0 Å². The molecule has 1 N–H and O–H groups in total. The zero-order valence-electron chi connectivity index (χ0n) is 8.21. The molecule has 80 valence electrons. The minimum atomic E-state index is -3.01. The molecule has 1 rings (SSSR count). The van der Waals surface area contributed by atoms with Gasteiger partial charge in [0.15, 0.2) is 0 Å². The predicted molar refractivity (Wildman–Crippen MR) is 52.5 cm³/mol. The lowest BCUT2D eigenvalue weighted by molar-refractivity contribution is 0.164. The fourth-order valence-electron chi connectivity index (χ4n) is 1.18. The highest BCUT2D eigenvalue weighted by atomic mass is 32.2. The van der Waals surface area contributed by atoms with Crippen molar-refractivity contribution in [2.45, 2.75) is 12.5 Å². The second-order valence-corrected chi connectivity index (χ2v) is 5.57. The average Bonchev–Trinajstić information content (AvgIpc) is 2.46. The number of aromatic nitrogens is 2. The maximum absolute atomic E-state index is 10.9. The van der Waals surface area contributed by atoms with Gasteiger partial charge in [-0.3, -0.25) is 4.68 Å². The molecule has 0 radical (unpaired) electrons. The van der Waals surface area contributed by atoms with Crippen LogP contribution < -0.4 is 0 Å². The number of hydrogen-bond acceptors (Lipinski definition) is 4. The van der Waals surface area contributed by atoms with Crippen molar-refractivity contribution in [2.75, 3.05) is 12.0 Å². The van der Waals surface area contributed by atoms with E-state index in [1.807, 2.05) is 0 Å². The first-order chi connectivity index (χ1) is 6.40. The Bertz CT molecular complexity index is 396. The van der Waals surface area contributed by atoms with Crippen LogP contribution in [0.5, 0.6) is 0 Å². The van der Waals surface area contributed by atoms with E-state index < -0.39 is 15.9 Å². The van der Waals surface area contributed by atoms with Gasteiger partial charge in [0, 0.05) is 19.5 Å². The van der Waals surface area contributed by atoms with E-state index in [4.69, 9.17) is 0 Å².